The van der Waals surface area contributed by atoms with Crippen molar-refractivity contribution in [1.29, 1.82) is 0 Å². The molecule has 1 heterocycles. The van der Waals surface area contributed by atoms with Gasteiger partial charge in [0.15, 0.2) is 5.16 Å². The highest BCUT2D eigenvalue weighted by atomic mass is 32.2. The predicted molar refractivity (Wildman–Crippen MR) is 129 cm³/mol. The van der Waals surface area contributed by atoms with E-state index in [1.165, 1.54) is 11.8 Å². The van der Waals surface area contributed by atoms with E-state index in [0.29, 0.717) is 16.4 Å². The second-order valence-corrected chi connectivity index (χ2v) is 8.39. The number of aryl methyl sites for hydroxylation is 2. The number of anilines is 1. The highest BCUT2D eigenvalue weighted by Gasteiger charge is 2.21. The standard InChI is InChI=1S/C26H23N3O2S/c1-18-12-14-21(15-13-18)28-24(30)17-32-26-27-16-23(20-9-4-3-5-10-20)29(26)25(31)22-11-7-6-8-19(22)2/h3-16H,17H2,1-2H3,(H,28,30). The lowest BCUT2D eigenvalue weighted by molar-refractivity contribution is -0.113. The molecule has 0 saturated heterocycles. The van der Waals surface area contributed by atoms with Crippen molar-refractivity contribution in [2.45, 2.75) is 19.0 Å². The predicted octanol–water partition coefficient (Wildman–Crippen LogP) is 5.59. The van der Waals surface area contributed by atoms with Gasteiger partial charge in [0.25, 0.3) is 5.91 Å². The first-order valence-corrected chi connectivity index (χ1v) is 11.2. The van der Waals surface area contributed by atoms with Gasteiger partial charge in [0, 0.05) is 16.8 Å². The molecule has 160 valence electrons. The molecule has 0 aliphatic carbocycles. The number of carbonyl (C=O) groups is 2. The summed E-state index contributed by atoms with van der Waals surface area (Å²) in [4.78, 5) is 30.5. The molecule has 6 heteroatoms. The summed E-state index contributed by atoms with van der Waals surface area (Å²) in [7, 11) is 0. The Kier molecular flexibility index (Phi) is 6.52. The highest BCUT2D eigenvalue weighted by Crippen LogP contribution is 2.28. The molecule has 1 aromatic heterocycles. The summed E-state index contributed by atoms with van der Waals surface area (Å²) >= 11 is 1.24. The van der Waals surface area contributed by atoms with Crippen molar-refractivity contribution in [3.8, 4) is 11.3 Å². The minimum absolute atomic E-state index is 0.139. The van der Waals surface area contributed by atoms with Crippen LogP contribution in [-0.4, -0.2) is 27.1 Å². The second kappa shape index (κ2) is 9.66. The Hall–Kier alpha value is -3.64. The van der Waals surface area contributed by atoms with Crippen LogP contribution in [0.25, 0.3) is 11.3 Å². The third-order valence-electron chi connectivity index (χ3n) is 5.05. The SMILES string of the molecule is Cc1ccc(NC(=O)CSc2ncc(-c3ccccc3)n2C(=O)c2ccccc2C)cc1. The van der Waals surface area contributed by atoms with Crippen LogP contribution < -0.4 is 5.32 Å². The van der Waals surface area contributed by atoms with Gasteiger partial charge in [-0.15, -0.1) is 0 Å². The quantitative estimate of drug-likeness (QED) is 0.396. The summed E-state index contributed by atoms with van der Waals surface area (Å²) in [5.74, 6) is -0.181. The van der Waals surface area contributed by atoms with E-state index in [1.54, 1.807) is 10.8 Å². The molecule has 0 radical (unpaired) electrons. The highest BCUT2D eigenvalue weighted by molar-refractivity contribution is 7.99. The number of nitrogens with zero attached hydrogens (tertiary/aromatic N) is 2. The van der Waals surface area contributed by atoms with E-state index in [9.17, 15) is 9.59 Å². The van der Waals surface area contributed by atoms with Crippen LogP contribution in [0, 0.1) is 13.8 Å². The number of amides is 1. The largest absolute Gasteiger partial charge is 0.325 e. The lowest BCUT2D eigenvalue weighted by Gasteiger charge is -2.12. The zero-order chi connectivity index (χ0) is 22.5. The zero-order valence-electron chi connectivity index (χ0n) is 17.9. The van der Waals surface area contributed by atoms with Crippen molar-refractivity contribution in [3.63, 3.8) is 0 Å². The number of nitrogens with one attached hydrogen (secondary N) is 1. The molecule has 5 nitrogen and oxygen atoms in total. The maximum atomic E-state index is 13.5. The van der Waals surface area contributed by atoms with Crippen LogP contribution in [-0.2, 0) is 4.79 Å². The molecule has 0 aliphatic heterocycles. The van der Waals surface area contributed by atoms with Crippen molar-refractivity contribution in [3.05, 3.63) is 102 Å². The molecular formula is C26H23N3O2S. The normalized spacial score (nSPS) is 10.7. The molecular weight excluding hydrogens is 418 g/mol. The molecule has 0 atom stereocenters. The number of rotatable bonds is 6. The van der Waals surface area contributed by atoms with Crippen LogP contribution in [0.15, 0.2) is 90.2 Å². The van der Waals surface area contributed by atoms with Gasteiger partial charge < -0.3 is 5.32 Å². The summed E-state index contributed by atoms with van der Waals surface area (Å²) < 4.78 is 1.60. The Labute approximate surface area is 191 Å². The van der Waals surface area contributed by atoms with Gasteiger partial charge in [0.05, 0.1) is 17.6 Å². The van der Waals surface area contributed by atoms with Crippen molar-refractivity contribution in [1.82, 2.24) is 9.55 Å². The molecule has 0 bridgehead atoms. The molecule has 32 heavy (non-hydrogen) atoms. The lowest BCUT2D eigenvalue weighted by atomic mass is 10.1. The number of imidazole rings is 1. The van der Waals surface area contributed by atoms with Gasteiger partial charge >= 0.3 is 0 Å². The smallest absolute Gasteiger partial charge is 0.264 e. The summed E-state index contributed by atoms with van der Waals surface area (Å²) in [6.07, 6.45) is 1.69. The van der Waals surface area contributed by atoms with E-state index >= 15 is 0 Å². The minimum Gasteiger partial charge on any atom is -0.325 e. The van der Waals surface area contributed by atoms with Gasteiger partial charge in [-0.05, 0) is 37.6 Å². The Morgan fingerprint density at radius 3 is 2.31 bits per heavy atom. The van der Waals surface area contributed by atoms with E-state index < -0.39 is 0 Å². The minimum atomic E-state index is -0.166. The molecule has 1 N–H and O–H groups in total. The number of hydrogen-bond donors (Lipinski definition) is 1. The number of aromatic nitrogens is 2. The van der Waals surface area contributed by atoms with Crippen molar-refractivity contribution < 1.29 is 9.59 Å². The topological polar surface area (TPSA) is 64.0 Å². The van der Waals surface area contributed by atoms with Crippen LogP contribution in [0.3, 0.4) is 0 Å². The van der Waals surface area contributed by atoms with Crippen LogP contribution >= 0.6 is 11.8 Å². The fourth-order valence-corrected chi connectivity index (χ4v) is 4.11. The monoisotopic (exact) mass is 441 g/mol. The average Bonchev–Trinajstić information content (AvgIpc) is 3.24. The zero-order valence-corrected chi connectivity index (χ0v) is 18.7. The third kappa shape index (κ3) is 4.81. The van der Waals surface area contributed by atoms with Crippen LogP contribution in [0.2, 0.25) is 0 Å². The Balaban J connectivity index is 1.61. The van der Waals surface area contributed by atoms with Crippen LogP contribution in [0.1, 0.15) is 21.5 Å². The molecule has 0 fully saturated rings. The molecule has 3 aromatic carbocycles. The number of benzene rings is 3. The maximum Gasteiger partial charge on any atom is 0.264 e. The van der Waals surface area contributed by atoms with E-state index in [0.717, 1.165) is 22.4 Å². The molecule has 4 rings (SSSR count). The second-order valence-electron chi connectivity index (χ2n) is 7.45. The Bertz CT molecular complexity index is 1250. The fourth-order valence-electron chi connectivity index (χ4n) is 3.34. The molecule has 0 saturated carbocycles. The van der Waals surface area contributed by atoms with Gasteiger partial charge in [-0.2, -0.15) is 0 Å². The van der Waals surface area contributed by atoms with E-state index in [1.807, 2.05) is 92.7 Å². The molecule has 0 spiro atoms. The molecule has 1 amide bonds. The van der Waals surface area contributed by atoms with Crippen molar-refractivity contribution >= 4 is 29.3 Å². The van der Waals surface area contributed by atoms with Gasteiger partial charge in [0.1, 0.15) is 0 Å². The van der Waals surface area contributed by atoms with E-state index in [-0.39, 0.29) is 17.6 Å². The summed E-state index contributed by atoms with van der Waals surface area (Å²) in [5.41, 5.74) is 4.94. The third-order valence-corrected chi connectivity index (χ3v) is 6.00. The first-order valence-electron chi connectivity index (χ1n) is 10.3. The molecule has 0 unspecified atom stereocenters. The fraction of sp³-hybridized carbons (Fsp3) is 0.115. The van der Waals surface area contributed by atoms with Crippen molar-refractivity contribution in [2.75, 3.05) is 11.1 Å². The maximum absolute atomic E-state index is 13.5. The number of thioether (sulfide) groups is 1. The summed E-state index contributed by atoms with van der Waals surface area (Å²) in [6, 6.07) is 24.8. The lowest BCUT2D eigenvalue weighted by Crippen LogP contribution is -2.18. The van der Waals surface area contributed by atoms with Gasteiger partial charge in [-0.3, -0.25) is 14.2 Å². The van der Waals surface area contributed by atoms with Crippen LogP contribution in [0.4, 0.5) is 5.69 Å². The number of hydrogen-bond acceptors (Lipinski definition) is 4. The Morgan fingerprint density at radius 2 is 1.59 bits per heavy atom. The molecule has 4 aromatic rings. The Morgan fingerprint density at radius 1 is 0.906 bits per heavy atom. The number of carbonyl (C=O) groups excluding carboxylic acids is 2. The van der Waals surface area contributed by atoms with E-state index in [4.69, 9.17) is 0 Å². The van der Waals surface area contributed by atoms with Crippen molar-refractivity contribution in [2.24, 2.45) is 0 Å². The van der Waals surface area contributed by atoms with Gasteiger partial charge in [-0.1, -0.05) is 78.0 Å². The first kappa shape index (κ1) is 21.6. The first-order chi connectivity index (χ1) is 15.5. The van der Waals surface area contributed by atoms with Crippen LogP contribution in [0.5, 0.6) is 0 Å². The molecule has 0 aliphatic rings. The summed E-state index contributed by atoms with van der Waals surface area (Å²) in [6.45, 7) is 3.91. The van der Waals surface area contributed by atoms with Gasteiger partial charge in [-0.25, -0.2) is 4.98 Å². The summed E-state index contributed by atoms with van der Waals surface area (Å²) in [5, 5.41) is 3.37. The van der Waals surface area contributed by atoms with Gasteiger partial charge in [0.2, 0.25) is 5.91 Å². The average molecular weight is 442 g/mol. The van der Waals surface area contributed by atoms with E-state index in [2.05, 4.69) is 10.3 Å².